The number of carbonyl (C=O) groups excluding carboxylic acids is 1. The molecule has 4 N–H and O–H groups in total. The predicted octanol–water partition coefficient (Wildman–Crippen LogP) is 4.51. The van der Waals surface area contributed by atoms with E-state index in [1.165, 1.54) is 0 Å². The normalized spacial score (nSPS) is 10.9. The number of aryl methyl sites for hydroxylation is 3. The molecule has 10 heteroatoms. The monoisotopic (exact) mass is 419 g/mol. The lowest BCUT2D eigenvalue weighted by Gasteiger charge is -2.13. The minimum Gasteiger partial charge on any atom is -0.351 e. The molecule has 2 amide bonds. The van der Waals surface area contributed by atoms with Crippen LogP contribution < -0.4 is 21.3 Å². The molecule has 31 heavy (non-hydrogen) atoms. The van der Waals surface area contributed by atoms with Gasteiger partial charge in [-0.1, -0.05) is 17.7 Å². The maximum atomic E-state index is 11.5. The fraction of sp³-hybridized carbons (Fsp3) is 0.238. The van der Waals surface area contributed by atoms with Gasteiger partial charge in [0.15, 0.2) is 0 Å². The van der Waals surface area contributed by atoms with Crippen LogP contribution in [0, 0.1) is 20.8 Å². The Morgan fingerprint density at radius 3 is 2.35 bits per heavy atom. The molecule has 0 aliphatic rings. The van der Waals surface area contributed by atoms with Crippen LogP contribution in [0.4, 0.5) is 39.4 Å². The van der Waals surface area contributed by atoms with Gasteiger partial charge in [-0.2, -0.15) is 20.1 Å². The van der Waals surface area contributed by atoms with Crippen molar-refractivity contribution in [3.63, 3.8) is 0 Å². The summed E-state index contributed by atoms with van der Waals surface area (Å²) in [6.45, 7) is 5.77. The summed E-state index contributed by atoms with van der Waals surface area (Å²) in [4.78, 5) is 26.2. The molecule has 1 aromatic heterocycles. The topological polar surface area (TPSA) is 134 Å². The van der Waals surface area contributed by atoms with E-state index in [1.807, 2.05) is 46.1 Å². The number of primary amides is 1. The summed E-state index contributed by atoms with van der Waals surface area (Å²) >= 11 is 0. The van der Waals surface area contributed by atoms with Crippen molar-refractivity contribution in [2.45, 2.75) is 20.8 Å². The Morgan fingerprint density at radius 2 is 1.68 bits per heavy atom. The van der Waals surface area contributed by atoms with Gasteiger partial charge < -0.3 is 21.3 Å². The highest BCUT2D eigenvalue weighted by Crippen LogP contribution is 2.31. The number of hydrogen-bond acceptors (Lipinski definition) is 8. The minimum absolute atomic E-state index is 0.380. The van der Waals surface area contributed by atoms with E-state index in [9.17, 15) is 4.79 Å². The molecule has 0 aliphatic heterocycles. The number of azo groups is 1. The van der Waals surface area contributed by atoms with Crippen LogP contribution >= 0.6 is 0 Å². The Bertz CT molecular complexity index is 1140. The van der Waals surface area contributed by atoms with Crippen LogP contribution in [-0.2, 0) is 0 Å². The summed E-state index contributed by atoms with van der Waals surface area (Å²) in [5.41, 5.74) is 9.75. The number of amides is 2. The molecule has 3 rings (SSSR count). The summed E-state index contributed by atoms with van der Waals surface area (Å²) < 4.78 is 0. The largest absolute Gasteiger partial charge is 0.351 e. The average Bonchev–Trinajstić information content (AvgIpc) is 2.67. The van der Waals surface area contributed by atoms with E-state index in [-0.39, 0.29) is 0 Å². The molecule has 0 fully saturated rings. The van der Waals surface area contributed by atoms with Gasteiger partial charge in [0.25, 0.3) is 0 Å². The van der Waals surface area contributed by atoms with Crippen LogP contribution in [0.1, 0.15) is 17.0 Å². The first-order chi connectivity index (χ1) is 14.7. The molecule has 0 unspecified atom stereocenters. The van der Waals surface area contributed by atoms with Crippen molar-refractivity contribution in [2.24, 2.45) is 16.0 Å². The molecule has 0 spiro atoms. The fourth-order valence-electron chi connectivity index (χ4n) is 2.81. The maximum absolute atomic E-state index is 11.5. The predicted molar refractivity (Wildman–Crippen MR) is 122 cm³/mol. The number of anilines is 4. The highest BCUT2D eigenvalue weighted by Gasteiger charge is 2.10. The van der Waals surface area contributed by atoms with Gasteiger partial charge in [-0.05, 0) is 50.6 Å². The number of hydrogen-bond donors (Lipinski definition) is 3. The summed E-state index contributed by atoms with van der Waals surface area (Å²) in [6, 6.07) is 10.4. The number of nitrogens with two attached hydrogens (primary N) is 1. The molecule has 0 saturated carbocycles. The molecule has 0 bridgehead atoms. The van der Waals surface area contributed by atoms with Crippen molar-refractivity contribution in [2.75, 3.05) is 29.6 Å². The number of carbonyl (C=O) groups is 1. The van der Waals surface area contributed by atoms with Gasteiger partial charge >= 0.3 is 6.03 Å². The summed E-state index contributed by atoms with van der Waals surface area (Å²) in [7, 11) is 3.70. The smallest absolute Gasteiger partial charge is 0.316 e. The summed E-state index contributed by atoms with van der Waals surface area (Å²) in [5.74, 6) is 1.49. The third-order valence-corrected chi connectivity index (χ3v) is 4.26. The minimum atomic E-state index is -0.703. The fourth-order valence-corrected chi connectivity index (χ4v) is 2.81. The molecule has 0 radical (unpaired) electrons. The van der Waals surface area contributed by atoms with Crippen LogP contribution in [0.5, 0.6) is 0 Å². The Kier molecular flexibility index (Phi) is 6.39. The lowest BCUT2D eigenvalue weighted by atomic mass is 10.1. The van der Waals surface area contributed by atoms with Gasteiger partial charge in [0, 0.05) is 19.8 Å². The average molecular weight is 419 g/mol. The van der Waals surface area contributed by atoms with E-state index in [4.69, 9.17) is 5.73 Å². The molecule has 0 aliphatic carbocycles. The molecule has 10 nitrogen and oxygen atoms in total. The number of nitrogens with zero attached hydrogens (tertiary/aromatic N) is 6. The zero-order valence-electron chi connectivity index (χ0n) is 18.1. The molecule has 160 valence electrons. The second kappa shape index (κ2) is 9.16. The van der Waals surface area contributed by atoms with Gasteiger partial charge in [-0.25, -0.2) is 4.79 Å². The summed E-state index contributed by atoms with van der Waals surface area (Å²) in [5, 5.41) is 14.3. The van der Waals surface area contributed by atoms with Crippen LogP contribution in [0.2, 0.25) is 0 Å². The van der Waals surface area contributed by atoms with Gasteiger partial charge in [-0.15, -0.1) is 5.11 Å². The molecular weight excluding hydrogens is 394 g/mol. The van der Waals surface area contributed by atoms with Gasteiger partial charge in [0.05, 0.1) is 11.4 Å². The van der Waals surface area contributed by atoms with Crippen molar-refractivity contribution in [1.29, 1.82) is 0 Å². The Balaban J connectivity index is 1.91. The van der Waals surface area contributed by atoms with Crippen LogP contribution in [0.15, 0.2) is 46.6 Å². The highest BCUT2D eigenvalue weighted by atomic mass is 16.2. The van der Waals surface area contributed by atoms with Crippen LogP contribution in [0.25, 0.3) is 0 Å². The van der Waals surface area contributed by atoms with Gasteiger partial charge in [0.2, 0.25) is 11.9 Å². The molecular formula is C21H25N9O. The van der Waals surface area contributed by atoms with Crippen LogP contribution in [0.3, 0.4) is 0 Å². The van der Waals surface area contributed by atoms with E-state index in [0.29, 0.717) is 34.8 Å². The quantitative estimate of drug-likeness (QED) is 0.503. The molecule has 0 atom stereocenters. The second-order valence-electron chi connectivity index (χ2n) is 7.24. The summed E-state index contributed by atoms with van der Waals surface area (Å²) in [6.07, 6.45) is 0. The Hall–Kier alpha value is -4.08. The van der Waals surface area contributed by atoms with Crippen molar-refractivity contribution >= 4 is 40.7 Å². The molecule has 3 aromatic rings. The third kappa shape index (κ3) is 5.72. The first-order valence-corrected chi connectivity index (χ1v) is 9.58. The van der Waals surface area contributed by atoms with Crippen molar-refractivity contribution in [3.8, 4) is 0 Å². The molecule has 1 heterocycles. The maximum Gasteiger partial charge on any atom is 0.316 e. The first-order valence-electron chi connectivity index (χ1n) is 9.58. The molecule has 2 aromatic carbocycles. The number of urea groups is 1. The third-order valence-electron chi connectivity index (χ3n) is 4.26. The number of nitrogens with one attached hydrogen (secondary N) is 2. The number of rotatable bonds is 6. The van der Waals surface area contributed by atoms with Gasteiger partial charge in [-0.3, -0.25) is 0 Å². The highest BCUT2D eigenvalue weighted by molar-refractivity contribution is 5.92. The number of aromatic nitrogens is 3. The number of benzene rings is 2. The van der Waals surface area contributed by atoms with E-state index >= 15 is 0 Å². The second-order valence-corrected chi connectivity index (χ2v) is 7.24. The zero-order valence-corrected chi connectivity index (χ0v) is 18.1. The lowest BCUT2D eigenvalue weighted by Crippen LogP contribution is -2.19. The first kappa shape index (κ1) is 21.6. The van der Waals surface area contributed by atoms with E-state index in [0.717, 1.165) is 16.8 Å². The van der Waals surface area contributed by atoms with E-state index in [2.05, 4.69) is 35.8 Å². The SMILES string of the molecule is Cc1ccc(N=Nc2ccc(Nc3nc(C)nc(N(C)C)n3)cc2NC(N)=O)c(C)c1. The Labute approximate surface area is 180 Å². The van der Waals surface area contributed by atoms with Crippen molar-refractivity contribution in [1.82, 2.24) is 15.0 Å². The van der Waals surface area contributed by atoms with Crippen molar-refractivity contribution < 1.29 is 4.79 Å². The molecule has 0 saturated heterocycles. The zero-order chi connectivity index (χ0) is 22.5. The standard InChI is InChI=1S/C21H25N9O/c1-12-6-8-16(13(2)10-12)28-29-17-9-7-15(11-18(17)26-19(22)31)25-20-23-14(3)24-21(27-20)30(4)5/h6-11H,1-5H3,(H3,22,26,31)(H,23,24,25,27). The van der Waals surface area contributed by atoms with Crippen molar-refractivity contribution in [3.05, 3.63) is 53.3 Å². The van der Waals surface area contributed by atoms with E-state index in [1.54, 1.807) is 30.0 Å². The van der Waals surface area contributed by atoms with Crippen LogP contribution in [-0.4, -0.2) is 35.1 Å². The van der Waals surface area contributed by atoms with E-state index < -0.39 is 6.03 Å². The Morgan fingerprint density at radius 1 is 0.968 bits per heavy atom. The van der Waals surface area contributed by atoms with Gasteiger partial charge in [0.1, 0.15) is 11.5 Å². The lowest BCUT2D eigenvalue weighted by molar-refractivity contribution is 0.259.